The number of aromatic amines is 1. The number of nitrogens with one attached hydrogen (secondary N) is 3. The van der Waals surface area contributed by atoms with E-state index in [9.17, 15) is 13.2 Å². The van der Waals surface area contributed by atoms with E-state index < -0.39 is 21.8 Å². The third-order valence-electron chi connectivity index (χ3n) is 6.80. The fourth-order valence-electron chi connectivity index (χ4n) is 4.45. The third-order valence-corrected chi connectivity index (χ3v) is 8.35. The summed E-state index contributed by atoms with van der Waals surface area (Å²) in [5.41, 5.74) is 3.13. The number of aromatic nitrogens is 2. The Kier molecular flexibility index (Phi) is 7.15. The molecule has 0 unspecified atom stereocenters. The molecular formula is C27H29FN6O3S. The average molecular weight is 537 g/mol. The van der Waals surface area contributed by atoms with E-state index in [1.165, 1.54) is 31.4 Å². The van der Waals surface area contributed by atoms with Crippen LogP contribution in [0.4, 0.5) is 15.8 Å². The van der Waals surface area contributed by atoms with Crippen molar-refractivity contribution in [3.8, 4) is 11.1 Å². The van der Waals surface area contributed by atoms with Gasteiger partial charge in [0.05, 0.1) is 11.3 Å². The van der Waals surface area contributed by atoms with E-state index in [1.54, 1.807) is 13.1 Å². The summed E-state index contributed by atoms with van der Waals surface area (Å²) < 4.78 is 43.4. The van der Waals surface area contributed by atoms with Crippen molar-refractivity contribution in [1.82, 2.24) is 19.6 Å². The Hall–Kier alpha value is -3.80. The molecule has 0 spiro atoms. The number of rotatable bonds is 8. The molecule has 11 heteroatoms. The van der Waals surface area contributed by atoms with Crippen molar-refractivity contribution in [2.45, 2.75) is 6.92 Å². The number of H-pyrrole nitrogens is 1. The van der Waals surface area contributed by atoms with Crippen LogP contribution in [0.1, 0.15) is 22.8 Å². The van der Waals surface area contributed by atoms with Gasteiger partial charge in [-0.05, 0) is 35.9 Å². The van der Waals surface area contributed by atoms with Gasteiger partial charge in [-0.1, -0.05) is 25.1 Å². The highest BCUT2D eigenvalue weighted by molar-refractivity contribution is 7.90. The van der Waals surface area contributed by atoms with E-state index in [0.717, 1.165) is 47.3 Å². The van der Waals surface area contributed by atoms with Crippen molar-refractivity contribution in [2.24, 2.45) is 0 Å². The van der Waals surface area contributed by atoms with E-state index in [-0.39, 0.29) is 23.4 Å². The summed E-state index contributed by atoms with van der Waals surface area (Å²) in [6, 6.07) is 14.1. The largest absolute Gasteiger partial charge is 0.369 e. The van der Waals surface area contributed by atoms with Crippen LogP contribution < -0.4 is 14.9 Å². The molecule has 0 aliphatic carbocycles. The minimum Gasteiger partial charge on any atom is -0.369 e. The summed E-state index contributed by atoms with van der Waals surface area (Å²) in [4.78, 5) is 23.2. The molecule has 1 saturated heterocycles. The molecule has 2 aromatic carbocycles. The predicted octanol–water partition coefficient (Wildman–Crippen LogP) is 3.62. The Morgan fingerprint density at radius 1 is 1.11 bits per heavy atom. The van der Waals surface area contributed by atoms with E-state index >= 15 is 4.39 Å². The van der Waals surface area contributed by atoms with Crippen molar-refractivity contribution in [2.75, 3.05) is 49.4 Å². The average Bonchev–Trinajstić information content (AvgIpc) is 3.37. The zero-order valence-electron chi connectivity index (χ0n) is 21.2. The number of pyridine rings is 1. The van der Waals surface area contributed by atoms with Gasteiger partial charge in [0.2, 0.25) is 0 Å². The Labute approximate surface area is 220 Å². The number of hydrogen-bond acceptors (Lipinski definition) is 6. The van der Waals surface area contributed by atoms with Crippen LogP contribution in [0.5, 0.6) is 0 Å². The summed E-state index contributed by atoms with van der Waals surface area (Å²) in [5.74, 6) is -1.51. The fraction of sp³-hybridized carbons (Fsp3) is 0.259. The summed E-state index contributed by atoms with van der Waals surface area (Å²) in [5, 5.41) is 3.90. The third kappa shape index (κ3) is 5.00. The van der Waals surface area contributed by atoms with Crippen LogP contribution >= 0.6 is 0 Å². The van der Waals surface area contributed by atoms with Crippen LogP contribution in [0.15, 0.2) is 60.9 Å². The second-order valence-corrected chi connectivity index (χ2v) is 10.9. The highest BCUT2D eigenvalue weighted by atomic mass is 32.2. The van der Waals surface area contributed by atoms with E-state index in [0.29, 0.717) is 11.0 Å². The summed E-state index contributed by atoms with van der Waals surface area (Å²) in [7, 11) is -2.57. The number of hydrogen-bond donors (Lipinski definition) is 3. The molecule has 2 aromatic heterocycles. The van der Waals surface area contributed by atoms with Crippen molar-refractivity contribution < 1.29 is 17.6 Å². The Bertz CT molecular complexity index is 1580. The maximum atomic E-state index is 15.3. The fourth-order valence-corrected chi connectivity index (χ4v) is 5.39. The lowest BCUT2D eigenvalue weighted by Gasteiger charge is -2.29. The first kappa shape index (κ1) is 25.8. The standard InChI is InChI=1S/C27H29FN6O3S/c1-3-33(2)38(36,37)32-24-6-4-5-21(25(24)28)26(35)23-17-31-27-22(23)15-19(16-30-27)18-7-9-20(10-8-18)34-13-11-29-12-14-34/h4-10,15-17,29,32H,3,11-14H2,1-2H3,(H,30,31). The highest BCUT2D eigenvalue weighted by Crippen LogP contribution is 2.29. The van der Waals surface area contributed by atoms with E-state index in [2.05, 4.69) is 37.0 Å². The lowest BCUT2D eigenvalue weighted by Crippen LogP contribution is -2.43. The number of carbonyl (C=O) groups is 1. The summed E-state index contributed by atoms with van der Waals surface area (Å²) in [6.07, 6.45) is 3.23. The molecule has 5 rings (SSSR count). The number of halogens is 1. The molecule has 0 atom stereocenters. The molecule has 0 saturated carbocycles. The Balaban J connectivity index is 1.45. The van der Waals surface area contributed by atoms with Crippen molar-refractivity contribution >= 4 is 38.4 Å². The molecule has 3 N–H and O–H groups in total. The van der Waals surface area contributed by atoms with Crippen LogP contribution in [0.2, 0.25) is 0 Å². The van der Waals surface area contributed by atoms with Gasteiger partial charge >= 0.3 is 10.2 Å². The minimum absolute atomic E-state index is 0.207. The number of fused-ring (bicyclic) bond motifs is 1. The van der Waals surface area contributed by atoms with Gasteiger partial charge in [-0.15, -0.1) is 0 Å². The molecule has 0 amide bonds. The number of piperazine rings is 1. The Morgan fingerprint density at radius 2 is 1.84 bits per heavy atom. The first-order valence-electron chi connectivity index (χ1n) is 12.4. The molecule has 198 valence electrons. The van der Waals surface area contributed by atoms with E-state index in [1.807, 2.05) is 18.2 Å². The van der Waals surface area contributed by atoms with Gasteiger partial charge in [0.1, 0.15) is 5.65 Å². The molecule has 1 aliphatic heterocycles. The molecule has 0 radical (unpaired) electrons. The van der Waals surface area contributed by atoms with Crippen LogP contribution in [0.25, 0.3) is 22.2 Å². The highest BCUT2D eigenvalue weighted by Gasteiger charge is 2.23. The number of nitrogens with zero attached hydrogens (tertiary/aromatic N) is 3. The Morgan fingerprint density at radius 3 is 2.55 bits per heavy atom. The maximum Gasteiger partial charge on any atom is 0.301 e. The van der Waals surface area contributed by atoms with Gasteiger partial charge in [0.15, 0.2) is 11.6 Å². The van der Waals surface area contributed by atoms with Gasteiger partial charge in [-0.2, -0.15) is 12.7 Å². The van der Waals surface area contributed by atoms with Crippen LogP contribution in [0, 0.1) is 5.82 Å². The van der Waals surface area contributed by atoms with Gasteiger partial charge in [0, 0.05) is 74.4 Å². The lowest BCUT2D eigenvalue weighted by atomic mass is 10.00. The molecular weight excluding hydrogens is 507 g/mol. The van der Waals surface area contributed by atoms with E-state index in [4.69, 9.17) is 0 Å². The number of anilines is 2. The molecule has 3 heterocycles. The van der Waals surface area contributed by atoms with Crippen LogP contribution in [-0.2, 0) is 10.2 Å². The lowest BCUT2D eigenvalue weighted by molar-refractivity contribution is 0.103. The molecule has 9 nitrogen and oxygen atoms in total. The minimum atomic E-state index is -3.95. The first-order valence-corrected chi connectivity index (χ1v) is 13.8. The molecule has 4 aromatic rings. The second-order valence-electron chi connectivity index (χ2n) is 9.12. The van der Waals surface area contributed by atoms with Crippen molar-refractivity contribution in [3.63, 3.8) is 0 Å². The smallest absolute Gasteiger partial charge is 0.301 e. The summed E-state index contributed by atoms with van der Waals surface area (Å²) >= 11 is 0. The molecule has 0 bridgehead atoms. The van der Waals surface area contributed by atoms with Crippen molar-refractivity contribution in [1.29, 1.82) is 0 Å². The maximum absolute atomic E-state index is 15.3. The van der Waals surface area contributed by atoms with Gasteiger partial charge < -0.3 is 15.2 Å². The number of ketones is 1. The zero-order valence-corrected chi connectivity index (χ0v) is 22.0. The quantitative estimate of drug-likeness (QED) is 0.297. The SMILES string of the molecule is CCN(C)S(=O)(=O)Nc1cccc(C(=O)c2c[nH]c3ncc(-c4ccc(N5CCNCC5)cc4)cc23)c1F. The number of benzene rings is 2. The van der Waals surface area contributed by atoms with Gasteiger partial charge in [0.25, 0.3) is 0 Å². The van der Waals surface area contributed by atoms with Crippen molar-refractivity contribution in [3.05, 3.63) is 77.9 Å². The molecule has 1 aliphatic rings. The summed E-state index contributed by atoms with van der Waals surface area (Å²) in [6.45, 7) is 5.69. The topological polar surface area (TPSA) is 110 Å². The monoisotopic (exact) mass is 536 g/mol. The predicted molar refractivity (Wildman–Crippen MR) is 147 cm³/mol. The molecule has 38 heavy (non-hydrogen) atoms. The van der Waals surface area contributed by atoms with Crippen LogP contribution in [-0.4, -0.2) is 68.2 Å². The second kappa shape index (κ2) is 10.5. The zero-order chi connectivity index (χ0) is 26.9. The first-order chi connectivity index (χ1) is 18.3. The number of carbonyl (C=O) groups excluding carboxylic acids is 1. The molecule has 1 fully saturated rings. The van der Waals surface area contributed by atoms with Gasteiger partial charge in [-0.25, -0.2) is 9.37 Å². The van der Waals surface area contributed by atoms with Crippen LogP contribution in [0.3, 0.4) is 0 Å². The van der Waals surface area contributed by atoms with Gasteiger partial charge in [-0.3, -0.25) is 9.52 Å². The normalized spacial score (nSPS) is 14.3.